The Morgan fingerprint density at radius 3 is 2.86 bits per heavy atom. The summed E-state index contributed by atoms with van der Waals surface area (Å²) in [4.78, 5) is 0. The van der Waals surface area contributed by atoms with Crippen LogP contribution >= 0.6 is 0 Å². The third-order valence-electron chi connectivity index (χ3n) is 0.386. The maximum Gasteiger partial charge on any atom is 0.262 e. The van der Waals surface area contributed by atoms with Gasteiger partial charge in [-0.25, -0.2) is 0 Å². The molecule has 0 atom stereocenters. The van der Waals surface area contributed by atoms with E-state index >= 15 is 0 Å². The van der Waals surface area contributed by atoms with Crippen molar-refractivity contribution in [2.45, 2.75) is 6.92 Å². The van der Waals surface area contributed by atoms with Crippen LogP contribution < -0.4 is 0 Å². The Morgan fingerprint density at radius 1 is 1.71 bits per heavy atom. The molecule has 0 aliphatic heterocycles. The Morgan fingerprint density at radius 2 is 2.43 bits per heavy atom. The number of ether oxygens (including phenoxy) is 2. The summed E-state index contributed by atoms with van der Waals surface area (Å²) < 4.78 is 9.15. The van der Waals surface area contributed by atoms with Crippen LogP contribution in [0.5, 0.6) is 0 Å². The molecule has 2 nitrogen and oxygen atoms in total. The first-order chi connectivity index (χ1) is 3.41. The van der Waals surface area contributed by atoms with Gasteiger partial charge >= 0.3 is 0 Å². The van der Waals surface area contributed by atoms with Crippen LogP contribution in [0.25, 0.3) is 0 Å². The molecule has 0 aromatic rings. The van der Waals surface area contributed by atoms with Crippen molar-refractivity contribution in [1.29, 1.82) is 0 Å². The normalized spacial score (nSPS) is 8.14. The van der Waals surface area contributed by atoms with Gasteiger partial charge in [0.1, 0.15) is 0 Å². The van der Waals surface area contributed by atoms with Crippen LogP contribution in [0.1, 0.15) is 6.92 Å². The molecule has 7 heavy (non-hydrogen) atoms. The van der Waals surface area contributed by atoms with E-state index in [9.17, 15) is 0 Å². The molecule has 1 radical (unpaired) electrons. The minimum absolute atomic E-state index is 0.633. The first kappa shape index (κ1) is 6.50. The molecule has 0 aliphatic rings. The zero-order valence-corrected chi connectivity index (χ0v) is 4.39. The van der Waals surface area contributed by atoms with Crippen LogP contribution in [0.2, 0.25) is 0 Å². The van der Waals surface area contributed by atoms with Gasteiger partial charge in [-0.15, -0.1) is 0 Å². The molecule has 0 bridgehead atoms. The third kappa shape index (κ3) is 5.50. The average molecular weight is 101 g/mol. The van der Waals surface area contributed by atoms with Crippen LogP contribution in [-0.4, -0.2) is 6.61 Å². The predicted molar refractivity (Wildman–Crippen MR) is 27.2 cm³/mol. The third-order valence-corrected chi connectivity index (χ3v) is 0.386. The Balaban J connectivity index is 2.56. The van der Waals surface area contributed by atoms with Crippen LogP contribution in [0, 0.1) is 6.79 Å². The molecular weight excluding hydrogens is 92.1 g/mol. The summed E-state index contributed by atoms with van der Waals surface area (Å²) >= 11 is 0. The molecule has 0 N–H and O–H groups in total. The molecule has 41 valence electrons. The van der Waals surface area contributed by atoms with E-state index in [2.05, 4.69) is 16.1 Å². The zero-order chi connectivity index (χ0) is 5.54. The molecule has 0 amide bonds. The van der Waals surface area contributed by atoms with Crippen LogP contribution in [0.3, 0.4) is 0 Å². The molecule has 0 saturated carbocycles. The summed E-state index contributed by atoms with van der Waals surface area (Å²) in [5, 5.41) is 0. The van der Waals surface area contributed by atoms with Crippen molar-refractivity contribution in [2.75, 3.05) is 6.61 Å². The molecule has 2 heteroatoms. The lowest BCUT2D eigenvalue weighted by Gasteiger charge is -1.94. The second-order valence-electron chi connectivity index (χ2n) is 0.854. The van der Waals surface area contributed by atoms with Gasteiger partial charge in [-0.3, -0.25) is 0 Å². The lowest BCUT2D eigenvalue weighted by molar-refractivity contribution is 0.0749. The van der Waals surface area contributed by atoms with Crippen molar-refractivity contribution in [3.8, 4) is 0 Å². The smallest absolute Gasteiger partial charge is 0.262 e. The predicted octanol–water partition coefficient (Wildman–Crippen LogP) is 1.30. The first-order valence-corrected chi connectivity index (χ1v) is 2.11. The summed E-state index contributed by atoms with van der Waals surface area (Å²) in [6.45, 7) is 7.05. The second-order valence-corrected chi connectivity index (χ2v) is 0.854. The van der Waals surface area contributed by atoms with E-state index < -0.39 is 0 Å². The number of hydrogen-bond acceptors (Lipinski definition) is 2. The molecule has 0 spiro atoms. The summed E-state index contributed by atoms with van der Waals surface area (Å²) in [6.07, 6.45) is 1.30. The second kappa shape index (κ2) is 5.50. The minimum Gasteiger partial charge on any atom is -0.466 e. The van der Waals surface area contributed by atoms with E-state index in [0.29, 0.717) is 6.61 Å². The van der Waals surface area contributed by atoms with Crippen molar-refractivity contribution in [2.24, 2.45) is 0 Å². The summed E-state index contributed by atoms with van der Waals surface area (Å²) in [7, 11) is 0. The van der Waals surface area contributed by atoms with E-state index in [1.54, 1.807) is 0 Å². The number of rotatable bonds is 4. The standard InChI is InChI=1S/C5H9O2/c1-3-6-5-7-4-2/h3,5H,1,4H2,2H3. The fourth-order valence-corrected chi connectivity index (χ4v) is 0.147. The molecular formula is C5H9O2. The van der Waals surface area contributed by atoms with Gasteiger partial charge in [0.2, 0.25) is 0 Å². The van der Waals surface area contributed by atoms with Crippen molar-refractivity contribution in [3.63, 3.8) is 0 Å². The van der Waals surface area contributed by atoms with Crippen molar-refractivity contribution in [1.82, 2.24) is 0 Å². The number of hydrogen-bond donors (Lipinski definition) is 0. The van der Waals surface area contributed by atoms with Gasteiger partial charge in [-0.2, -0.15) is 0 Å². The largest absolute Gasteiger partial charge is 0.466 e. The Kier molecular flexibility index (Phi) is 5.11. The molecule has 0 aromatic carbocycles. The zero-order valence-electron chi connectivity index (χ0n) is 4.39. The molecule has 0 aliphatic carbocycles. The Bertz CT molecular complexity index is 43.3. The highest BCUT2D eigenvalue weighted by molar-refractivity contribution is 4.48. The van der Waals surface area contributed by atoms with E-state index in [-0.39, 0.29) is 0 Å². The molecule has 0 rings (SSSR count). The minimum atomic E-state index is 0.633. The molecule has 0 fully saturated rings. The van der Waals surface area contributed by atoms with Crippen LogP contribution in [-0.2, 0) is 9.47 Å². The maximum absolute atomic E-state index is 4.66. The van der Waals surface area contributed by atoms with Gasteiger partial charge in [0.15, 0.2) is 0 Å². The SMILES string of the molecule is C=CO[CH]OCC. The summed E-state index contributed by atoms with van der Waals surface area (Å²) in [5.74, 6) is 0. The van der Waals surface area contributed by atoms with Crippen molar-refractivity contribution >= 4 is 0 Å². The van der Waals surface area contributed by atoms with E-state index in [1.165, 1.54) is 13.1 Å². The van der Waals surface area contributed by atoms with Crippen LogP contribution in [0.15, 0.2) is 12.8 Å². The fourth-order valence-electron chi connectivity index (χ4n) is 0.147. The highest BCUT2D eigenvalue weighted by Crippen LogP contribution is 1.81. The lowest BCUT2D eigenvalue weighted by atomic mass is 10.9. The molecule has 0 saturated heterocycles. The summed E-state index contributed by atoms with van der Waals surface area (Å²) in [5.41, 5.74) is 0. The monoisotopic (exact) mass is 101 g/mol. The van der Waals surface area contributed by atoms with Gasteiger partial charge in [-0.05, 0) is 6.92 Å². The first-order valence-electron chi connectivity index (χ1n) is 2.11. The summed E-state index contributed by atoms with van der Waals surface area (Å²) in [6, 6.07) is 0. The molecule has 0 unspecified atom stereocenters. The average Bonchev–Trinajstić information content (AvgIpc) is 1.69. The maximum atomic E-state index is 4.66. The van der Waals surface area contributed by atoms with E-state index in [0.717, 1.165) is 0 Å². The van der Waals surface area contributed by atoms with Crippen molar-refractivity contribution in [3.05, 3.63) is 19.6 Å². The molecule has 0 heterocycles. The highest BCUT2D eigenvalue weighted by atomic mass is 16.7. The van der Waals surface area contributed by atoms with E-state index in [1.807, 2.05) is 6.92 Å². The Hall–Kier alpha value is -0.500. The van der Waals surface area contributed by atoms with Gasteiger partial charge < -0.3 is 9.47 Å². The van der Waals surface area contributed by atoms with Gasteiger partial charge in [0.25, 0.3) is 6.79 Å². The van der Waals surface area contributed by atoms with Crippen LogP contribution in [0.4, 0.5) is 0 Å². The topological polar surface area (TPSA) is 18.5 Å². The van der Waals surface area contributed by atoms with Crippen molar-refractivity contribution < 1.29 is 9.47 Å². The van der Waals surface area contributed by atoms with Gasteiger partial charge in [-0.1, -0.05) is 6.58 Å². The van der Waals surface area contributed by atoms with E-state index in [4.69, 9.17) is 0 Å². The van der Waals surface area contributed by atoms with Gasteiger partial charge in [0.05, 0.1) is 6.26 Å². The lowest BCUT2D eigenvalue weighted by Crippen LogP contribution is -1.85. The fraction of sp³-hybridized carbons (Fsp3) is 0.400. The highest BCUT2D eigenvalue weighted by Gasteiger charge is 1.75. The Labute approximate surface area is 43.7 Å². The quantitative estimate of drug-likeness (QED) is 0.392. The van der Waals surface area contributed by atoms with Gasteiger partial charge in [0, 0.05) is 6.61 Å². The molecule has 0 aromatic heterocycles.